The van der Waals surface area contributed by atoms with E-state index in [1.54, 1.807) is 24.8 Å². The number of morpholine rings is 1. The maximum Gasteiger partial charge on any atom is 0.389 e. The van der Waals surface area contributed by atoms with Crippen LogP contribution in [-0.2, 0) is 14.3 Å². The number of allylic oxidation sites excluding steroid dienone is 2. The molecule has 0 bridgehead atoms. The number of carboxylic acid groups (broad SMARTS) is 1. The van der Waals surface area contributed by atoms with Crippen molar-refractivity contribution in [3.63, 3.8) is 0 Å². The lowest BCUT2D eigenvalue weighted by molar-refractivity contribution is -0.141. The van der Waals surface area contributed by atoms with Crippen molar-refractivity contribution in [3.05, 3.63) is 23.0 Å². The topological polar surface area (TPSA) is 62.2 Å². The van der Waals surface area contributed by atoms with Gasteiger partial charge in [-0.3, -0.25) is 0 Å². The van der Waals surface area contributed by atoms with E-state index in [1.807, 2.05) is 4.90 Å². The maximum absolute atomic E-state index is 12.6. The molecule has 6 nitrogen and oxygen atoms in total. The zero-order valence-electron chi connectivity index (χ0n) is 15.0. The Hall–Kier alpha value is -1.74. The molecule has 2 rings (SSSR count). The van der Waals surface area contributed by atoms with Crippen LogP contribution in [0.1, 0.15) is 26.7 Å². The van der Waals surface area contributed by atoms with E-state index < -0.39 is 24.8 Å². The minimum absolute atomic E-state index is 0.0530. The van der Waals surface area contributed by atoms with Crippen molar-refractivity contribution in [1.82, 2.24) is 9.80 Å². The summed E-state index contributed by atoms with van der Waals surface area (Å²) < 4.78 is 48.7. The molecule has 1 unspecified atom stereocenters. The Morgan fingerprint density at radius 2 is 2.04 bits per heavy atom. The van der Waals surface area contributed by atoms with Gasteiger partial charge in [0.1, 0.15) is 5.82 Å². The van der Waals surface area contributed by atoms with Crippen LogP contribution in [0.4, 0.5) is 13.2 Å². The molecule has 1 N–H and O–H groups in total. The summed E-state index contributed by atoms with van der Waals surface area (Å²) in [6.45, 7) is 5.94. The Kier molecular flexibility index (Phi) is 6.94. The number of carbonyl (C=O) groups is 1. The molecule has 2 aliphatic heterocycles. The van der Waals surface area contributed by atoms with Crippen molar-refractivity contribution < 1.29 is 32.5 Å². The molecule has 0 saturated carbocycles. The summed E-state index contributed by atoms with van der Waals surface area (Å²) >= 11 is 0. The second-order valence-electron chi connectivity index (χ2n) is 6.22. The van der Waals surface area contributed by atoms with Gasteiger partial charge in [-0.1, -0.05) is 0 Å². The number of rotatable bonds is 7. The Bertz CT molecular complexity index is 569. The molecule has 0 aromatic carbocycles. The highest BCUT2D eigenvalue weighted by molar-refractivity contribution is 5.89. The van der Waals surface area contributed by atoms with Gasteiger partial charge in [0.2, 0.25) is 0 Å². The SMILES string of the molecule is CCOC1C(C(=O)O)=C(C)C=C(N2CCOCC2)N1CCCC(F)(F)F. The molecule has 1 atom stereocenters. The number of hydrogen-bond donors (Lipinski definition) is 1. The zero-order valence-corrected chi connectivity index (χ0v) is 15.0. The number of halogens is 3. The number of nitrogens with zero attached hydrogens (tertiary/aromatic N) is 2. The number of alkyl halides is 3. The van der Waals surface area contributed by atoms with Gasteiger partial charge in [0.25, 0.3) is 0 Å². The van der Waals surface area contributed by atoms with Crippen molar-refractivity contribution >= 4 is 5.97 Å². The third-order valence-electron chi connectivity index (χ3n) is 4.34. The lowest BCUT2D eigenvalue weighted by Gasteiger charge is -2.44. The van der Waals surface area contributed by atoms with Gasteiger partial charge in [-0.25, -0.2) is 4.79 Å². The Morgan fingerprint density at radius 3 is 2.58 bits per heavy atom. The minimum Gasteiger partial charge on any atom is -0.478 e. The molecule has 0 aromatic heterocycles. The van der Waals surface area contributed by atoms with E-state index in [1.165, 1.54) is 0 Å². The smallest absolute Gasteiger partial charge is 0.389 e. The normalized spacial score (nSPS) is 21.9. The molecule has 0 spiro atoms. The third-order valence-corrected chi connectivity index (χ3v) is 4.34. The molecule has 26 heavy (non-hydrogen) atoms. The average molecular weight is 378 g/mol. The molecule has 1 fully saturated rings. The largest absolute Gasteiger partial charge is 0.478 e. The van der Waals surface area contributed by atoms with Crippen LogP contribution in [-0.4, -0.2) is 72.7 Å². The van der Waals surface area contributed by atoms with E-state index in [0.717, 1.165) is 0 Å². The van der Waals surface area contributed by atoms with Crippen LogP contribution in [0.15, 0.2) is 23.0 Å². The highest BCUT2D eigenvalue weighted by Crippen LogP contribution is 2.31. The van der Waals surface area contributed by atoms with Gasteiger partial charge in [-0.05, 0) is 31.9 Å². The Morgan fingerprint density at radius 1 is 1.38 bits per heavy atom. The summed E-state index contributed by atoms with van der Waals surface area (Å²) in [6.07, 6.45) is -4.50. The number of aliphatic carboxylic acids is 1. The second-order valence-corrected chi connectivity index (χ2v) is 6.22. The van der Waals surface area contributed by atoms with Crippen LogP contribution in [0.2, 0.25) is 0 Å². The van der Waals surface area contributed by atoms with Crippen molar-refractivity contribution in [3.8, 4) is 0 Å². The zero-order chi connectivity index (χ0) is 19.3. The van der Waals surface area contributed by atoms with Crippen LogP contribution >= 0.6 is 0 Å². The lowest BCUT2D eigenvalue weighted by Crippen LogP contribution is -2.50. The predicted octanol–water partition coefficient (Wildman–Crippen LogP) is 2.58. The quantitative estimate of drug-likeness (QED) is 0.735. The molecule has 2 heterocycles. The van der Waals surface area contributed by atoms with E-state index in [9.17, 15) is 23.1 Å². The van der Waals surface area contributed by atoms with E-state index in [4.69, 9.17) is 9.47 Å². The molecule has 148 valence electrons. The van der Waals surface area contributed by atoms with Crippen molar-refractivity contribution in [1.29, 1.82) is 0 Å². The van der Waals surface area contributed by atoms with E-state index in [0.29, 0.717) is 37.7 Å². The molecule has 1 saturated heterocycles. The van der Waals surface area contributed by atoms with Crippen molar-refractivity contribution in [2.24, 2.45) is 0 Å². The molecule has 2 aliphatic rings. The fraction of sp³-hybridized carbons (Fsp3) is 0.706. The highest BCUT2D eigenvalue weighted by atomic mass is 19.4. The summed E-state index contributed by atoms with van der Waals surface area (Å²) in [7, 11) is 0. The van der Waals surface area contributed by atoms with E-state index in [2.05, 4.69) is 0 Å². The average Bonchev–Trinajstić information content (AvgIpc) is 2.56. The van der Waals surface area contributed by atoms with Crippen molar-refractivity contribution in [2.75, 3.05) is 39.5 Å². The Balaban J connectivity index is 2.31. The van der Waals surface area contributed by atoms with E-state index in [-0.39, 0.29) is 25.1 Å². The molecule has 0 aromatic rings. The van der Waals surface area contributed by atoms with Gasteiger partial charge < -0.3 is 24.4 Å². The van der Waals surface area contributed by atoms with Crippen LogP contribution in [0, 0.1) is 0 Å². The minimum atomic E-state index is -4.25. The fourth-order valence-corrected chi connectivity index (χ4v) is 3.18. The second kappa shape index (κ2) is 8.77. The standard InChI is InChI=1S/C17H25F3N2O4/c1-3-26-15-14(16(23)24)12(2)11-13(21-7-9-25-10-8-21)22(15)6-4-5-17(18,19)20/h11,15H,3-10H2,1-2H3,(H,23,24). The van der Waals surface area contributed by atoms with Gasteiger partial charge in [-0.15, -0.1) is 0 Å². The first kappa shape index (κ1) is 20.6. The number of ether oxygens (including phenoxy) is 2. The first-order chi connectivity index (χ1) is 12.2. The number of hydrogen-bond acceptors (Lipinski definition) is 5. The van der Waals surface area contributed by atoms with Gasteiger partial charge in [0, 0.05) is 32.7 Å². The molecular weight excluding hydrogens is 353 g/mol. The molecule has 9 heteroatoms. The fourth-order valence-electron chi connectivity index (χ4n) is 3.18. The molecular formula is C17H25F3N2O4. The first-order valence-electron chi connectivity index (χ1n) is 8.68. The predicted molar refractivity (Wildman–Crippen MR) is 88.2 cm³/mol. The summed E-state index contributed by atoms with van der Waals surface area (Å²) in [5.74, 6) is -0.435. The van der Waals surface area contributed by atoms with E-state index >= 15 is 0 Å². The van der Waals surface area contributed by atoms with Crippen LogP contribution in [0.5, 0.6) is 0 Å². The van der Waals surface area contributed by atoms with Crippen LogP contribution in [0.25, 0.3) is 0 Å². The summed E-state index contributed by atoms with van der Waals surface area (Å²) in [4.78, 5) is 15.3. The van der Waals surface area contributed by atoms with Gasteiger partial charge in [0.15, 0.2) is 6.23 Å². The first-order valence-corrected chi connectivity index (χ1v) is 8.68. The maximum atomic E-state index is 12.6. The van der Waals surface area contributed by atoms with Gasteiger partial charge in [-0.2, -0.15) is 13.2 Å². The molecule has 0 amide bonds. The molecule has 0 radical (unpaired) electrons. The summed E-state index contributed by atoms with van der Waals surface area (Å²) in [5.41, 5.74) is 0.611. The molecule has 0 aliphatic carbocycles. The highest BCUT2D eigenvalue weighted by Gasteiger charge is 2.37. The monoisotopic (exact) mass is 378 g/mol. The summed E-state index contributed by atoms with van der Waals surface area (Å²) in [5, 5.41) is 9.57. The summed E-state index contributed by atoms with van der Waals surface area (Å²) in [6, 6.07) is 0. The van der Waals surface area contributed by atoms with Gasteiger partial charge >= 0.3 is 12.1 Å². The lowest BCUT2D eigenvalue weighted by atomic mass is 10.0. The van der Waals surface area contributed by atoms with Crippen molar-refractivity contribution in [2.45, 2.75) is 39.1 Å². The Labute approximate surface area is 150 Å². The van der Waals surface area contributed by atoms with Crippen LogP contribution in [0.3, 0.4) is 0 Å². The number of carboxylic acids is 1. The third kappa shape index (κ3) is 5.14. The van der Waals surface area contributed by atoms with Gasteiger partial charge in [0.05, 0.1) is 18.8 Å². The van der Waals surface area contributed by atoms with Crippen LogP contribution < -0.4 is 0 Å².